The Morgan fingerprint density at radius 2 is 2.21 bits per heavy atom. The molecule has 7 nitrogen and oxygen atoms in total. The number of nitrogens with zero attached hydrogens (tertiary/aromatic N) is 2. The average Bonchev–Trinajstić information content (AvgIpc) is 3.03. The number of esters is 1. The normalized spacial score (nSPS) is 15.6. The van der Waals surface area contributed by atoms with E-state index in [9.17, 15) is 13.6 Å². The van der Waals surface area contributed by atoms with Gasteiger partial charge in [-0.2, -0.15) is 0 Å². The van der Waals surface area contributed by atoms with Crippen LogP contribution < -0.4 is 5.32 Å². The topological polar surface area (TPSA) is 79.5 Å². The van der Waals surface area contributed by atoms with Crippen molar-refractivity contribution >= 4 is 23.0 Å². The van der Waals surface area contributed by atoms with Crippen LogP contribution in [0.3, 0.4) is 0 Å². The highest BCUT2D eigenvalue weighted by molar-refractivity contribution is 6.02. The Balaban J connectivity index is 1.77. The number of benzene rings is 1. The van der Waals surface area contributed by atoms with Crippen LogP contribution in [0.4, 0.5) is 14.7 Å². The van der Waals surface area contributed by atoms with Gasteiger partial charge in [-0.1, -0.05) is 0 Å². The summed E-state index contributed by atoms with van der Waals surface area (Å²) in [6.07, 6.45) is 0. The van der Waals surface area contributed by atoms with Crippen LogP contribution in [0.2, 0.25) is 0 Å². The molecule has 2 N–H and O–H groups in total. The summed E-state index contributed by atoms with van der Waals surface area (Å²) in [4.78, 5) is 20.8. The summed E-state index contributed by atoms with van der Waals surface area (Å²) in [6.45, 7) is 4.45. The van der Waals surface area contributed by atoms with Gasteiger partial charge in [-0.25, -0.2) is 18.6 Å². The largest absolute Gasteiger partial charge is 0.465 e. The number of H-pyrrole nitrogens is 1. The highest BCUT2D eigenvalue weighted by Crippen LogP contribution is 2.24. The monoisotopic (exact) mass is 340 g/mol. The van der Waals surface area contributed by atoms with Crippen molar-refractivity contribution in [3.63, 3.8) is 0 Å². The van der Waals surface area contributed by atoms with Crippen LogP contribution in [-0.4, -0.2) is 67.3 Å². The molecular formula is C15H18F2N4O3. The van der Waals surface area contributed by atoms with Crippen molar-refractivity contribution in [1.82, 2.24) is 14.9 Å². The van der Waals surface area contributed by atoms with Gasteiger partial charge in [0, 0.05) is 26.2 Å². The number of aromatic amines is 1. The summed E-state index contributed by atoms with van der Waals surface area (Å²) in [5, 5.41) is 3.02. The Morgan fingerprint density at radius 3 is 2.92 bits per heavy atom. The molecule has 1 fully saturated rings. The summed E-state index contributed by atoms with van der Waals surface area (Å²) in [5.74, 6) is -2.74. The van der Waals surface area contributed by atoms with Crippen molar-refractivity contribution in [2.24, 2.45) is 0 Å². The fraction of sp³-hybridized carbons (Fsp3) is 0.467. The molecule has 0 aliphatic carbocycles. The molecule has 0 radical (unpaired) electrons. The highest BCUT2D eigenvalue weighted by atomic mass is 19.2. The van der Waals surface area contributed by atoms with Crippen molar-refractivity contribution in [2.45, 2.75) is 0 Å². The van der Waals surface area contributed by atoms with E-state index in [0.717, 1.165) is 25.7 Å². The number of methoxy groups -OCH3 is 1. The van der Waals surface area contributed by atoms with Crippen molar-refractivity contribution in [2.75, 3.05) is 51.8 Å². The van der Waals surface area contributed by atoms with E-state index in [1.165, 1.54) is 7.11 Å². The number of anilines is 1. The van der Waals surface area contributed by atoms with Crippen LogP contribution in [-0.2, 0) is 9.47 Å². The minimum absolute atomic E-state index is 0.0971. The van der Waals surface area contributed by atoms with Gasteiger partial charge in [0.05, 0.1) is 31.4 Å². The number of hydrogen-bond acceptors (Lipinski definition) is 6. The van der Waals surface area contributed by atoms with Gasteiger partial charge in [-0.3, -0.25) is 4.90 Å². The van der Waals surface area contributed by atoms with E-state index in [0.29, 0.717) is 19.8 Å². The van der Waals surface area contributed by atoms with Gasteiger partial charge < -0.3 is 19.8 Å². The SMILES string of the molecule is COC(=O)c1cc(F)c(F)c2nc(NCCN3CCOCC3)[nH]c12. The molecule has 0 saturated carbocycles. The Labute approximate surface area is 136 Å². The van der Waals surface area contributed by atoms with Crippen LogP contribution in [0, 0.1) is 11.6 Å². The van der Waals surface area contributed by atoms with E-state index < -0.39 is 17.6 Å². The third-order valence-electron chi connectivity index (χ3n) is 3.89. The van der Waals surface area contributed by atoms with Crippen molar-refractivity contribution < 1.29 is 23.0 Å². The van der Waals surface area contributed by atoms with Crippen LogP contribution in [0.25, 0.3) is 11.0 Å². The summed E-state index contributed by atoms with van der Waals surface area (Å²) in [5.41, 5.74) is -0.223. The fourth-order valence-corrected chi connectivity index (χ4v) is 2.61. The fourth-order valence-electron chi connectivity index (χ4n) is 2.61. The standard InChI is InChI=1S/C15H18F2N4O3/c1-23-14(22)9-8-10(16)11(17)13-12(9)19-15(20-13)18-2-3-21-4-6-24-7-5-21/h8H,2-7H2,1H3,(H2,18,19,20). The number of fused-ring (bicyclic) bond motifs is 1. The lowest BCUT2D eigenvalue weighted by Crippen LogP contribution is -2.39. The molecular weight excluding hydrogens is 322 g/mol. The van der Waals surface area contributed by atoms with Crippen molar-refractivity contribution in [3.05, 3.63) is 23.3 Å². The summed E-state index contributed by atoms with van der Waals surface area (Å²) >= 11 is 0. The smallest absolute Gasteiger partial charge is 0.340 e. The Bertz CT molecular complexity index is 744. The molecule has 1 aliphatic heterocycles. The van der Waals surface area contributed by atoms with Crippen molar-refractivity contribution in [1.29, 1.82) is 0 Å². The Hall–Kier alpha value is -2.26. The second-order valence-corrected chi connectivity index (χ2v) is 5.40. The summed E-state index contributed by atoms with van der Waals surface area (Å²) in [6, 6.07) is 0.805. The lowest BCUT2D eigenvalue weighted by atomic mass is 10.1. The van der Waals surface area contributed by atoms with Gasteiger partial charge in [0.1, 0.15) is 5.52 Å². The minimum Gasteiger partial charge on any atom is -0.465 e. The number of carbonyl (C=O) groups excluding carboxylic acids is 1. The first-order valence-electron chi connectivity index (χ1n) is 7.60. The first-order valence-corrected chi connectivity index (χ1v) is 7.60. The zero-order valence-electron chi connectivity index (χ0n) is 13.2. The van der Waals surface area contributed by atoms with E-state index in [-0.39, 0.29) is 22.5 Å². The maximum absolute atomic E-state index is 13.9. The summed E-state index contributed by atoms with van der Waals surface area (Å²) in [7, 11) is 1.17. The average molecular weight is 340 g/mol. The van der Waals surface area contributed by atoms with Gasteiger partial charge in [-0.05, 0) is 6.07 Å². The van der Waals surface area contributed by atoms with Gasteiger partial charge in [0.25, 0.3) is 0 Å². The highest BCUT2D eigenvalue weighted by Gasteiger charge is 2.21. The molecule has 2 aromatic rings. The zero-order chi connectivity index (χ0) is 17.1. The molecule has 0 amide bonds. The van der Waals surface area contributed by atoms with Gasteiger partial charge in [-0.15, -0.1) is 0 Å². The number of ether oxygens (including phenoxy) is 2. The van der Waals surface area contributed by atoms with E-state index in [4.69, 9.17) is 4.74 Å². The van der Waals surface area contributed by atoms with Crippen LogP contribution in [0.15, 0.2) is 6.07 Å². The summed E-state index contributed by atoms with van der Waals surface area (Å²) < 4.78 is 37.4. The maximum atomic E-state index is 13.9. The van der Waals surface area contributed by atoms with Crippen LogP contribution in [0.1, 0.15) is 10.4 Å². The minimum atomic E-state index is -1.14. The predicted octanol–water partition coefficient (Wildman–Crippen LogP) is 1.37. The number of nitrogens with one attached hydrogen (secondary N) is 2. The van der Waals surface area contributed by atoms with E-state index in [2.05, 4.69) is 24.9 Å². The second kappa shape index (κ2) is 7.10. The van der Waals surface area contributed by atoms with Gasteiger partial charge in [0.2, 0.25) is 5.95 Å². The number of aromatic nitrogens is 2. The van der Waals surface area contributed by atoms with E-state index in [1.54, 1.807) is 0 Å². The van der Waals surface area contributed by atoms with Crippen LogP contribution in [0.5, 0.6) is 0 Å². The number of morpholine rings is 1. The molecule has 1 aromatic heterocycles. The molecule has 24 heavy (non-hydrogen) atoms. The molecule has 130 valence electrons. The third-order valence-corrected chi connectivity index (χ3v) is 3.89. The number of carbonyl (C=O) groups is 1. The number of halogens is 2. The Morgan fingerprint density at radius 1 is 1.46 bits per heavy atom. The molecule has 1 saturated heterocycles. The zero-order valence-corrected chi connectivity index (χ0v) is 13.2. The van der Waals surface area contributed by atoms with Crippen LogP contribution >= 0.6 is 0 Å². The lowest BCUT2D eigenvalue weighted by molar-refractivity contribution is 0.0398. The molecule has 2 heterocycles. The molecule has 0 unspecified atom stereocenters. The first-order chi connectivity index (χ1) is 11.6. The first kappa shape index (κ1) is 16.6. The number of rotatable bonds is 5. The molecule has 0 bridgehead atoms. The predicted molar refractivity (Wildman–Crippen MR) is 83.1 cm³/mol. The molecule has 9 heteroatoms. The van der Waals surface area contributed by atoms with Gasteiger partial charge in [0.15, 0.2) is 11.6 Å². The molecule has 0 atom stereocenters. The lowest BCUT2D eigenvalue weighted by Gasteiger charge is -2.26. The Kier molecular flexibility index (Phi) is 4.91. The quantitative estimate of drug-likeness (QED) is 0.801. The number of hydrogen-bond donors (Lipinski definition) is 2. The number of imidazole rings is 1. The van der Waals surface area contributed by atoms with Gasteiger partial charge >= 0.3 is 5.97 Å². The second-order valence-electron chi connectivity index (χ2n) is 5.40. The maximum Gasteiger partial charge on any atom is 0.340 e. The molecule has 3 rings (SSSR count). The van der Waals surface area contributed by atoms with E-state index in [1.807, 2.05) is 0 Å². The molecule has 1 aliphatic rings. The van der Waals surface area contributed by atoms with Crippen molar-refractivity contribution in [3.8, 4) is 0 Å². The molecule has 0 spiro atoms. The third kappa shape index (κ3) is 3.31. The van der Waals surface area contributed by atoms with E-state index >= 15 is 0 Å². The molecule has 1 aromatic carbocycles.